The Morgan fingerprint density at radius 2 is 2.36 bits per heavy atom. The fraction of sp³-hybridized carbons (Fsp3) is 1.00. The molecule has 1 atom stereocenters. The summed E-state index contributed by atoms with van der Waals surface area (Å²) in [6, 6.07) is 0. The van der Waals surface area contributed by atoms with Crippen LogP contribution in [0.15, 0.2) is 0 Å². The second-order valence-corrected chi connectivity index (χ2v) is 4.10. The Morgan fingerprint density at radius 1 is 1.64 bits per heavy atom. The molecule has 0 aromatic rings. The van der Waals surface area contributed by atoms with Crippen LogP contribution in [0, 0.1) is 5.92 Å². The van der Waals surface area contributed by atoms with E-state index in [0.29, 0.717) is 6.10 Å². The third kappa shape index (κ3) is 3.45. The Labute approximate surface area is 74.5 Å². The third-order valence-corrected chi connectivity index (χ3v) is 2.21. The van der Waals surface area contributed by atoms with Gasteiger partial charge in [-0.1, -0.05) is 26.7 Å². The van der Waals surface area contributed by atoms with Crippen LogP contribution in [-0.2, 0) is 4.74 Å². The SMILES string of the molecule is CC(C)CC1CN(S)CCO1. The lowest BCUT2D eigenvalue weighted by atomic mass is 10.1. The molecule has 0 N–H and O–H groups in total. The van der Waals surface area contributed by atoms with E-state index >= 15 is 0 Å². The first-order valence-corrected chi connectivity index (χ1v) is 4.64. The highest BCUT2D eigenvalue weighted by Crippen LogP contribution is 2.14. The number of thiol groups is 1. The average molecular weight is 175 g/mol. The van der Waals surface area contributed by atoms with E-state index in [2.05, 4.69) is 26.7 Å². The molecule has 0 saturated carbocycles. The molecule has 1 fully saturated rings. The molecule has 2 nitrogen and oxygen atoms in total. The van der Waals surface area contributed by atoms with E-state index in [-0.39, 0.29) is 0 Å². The normalized spacial score (nSPS) is 27.8. The van der Waals surface area contributed by atoms with Crippen molar-refractivity contribution in [3.63, 3.8) is 0 Å². The lowest BCUT2D eigenvalue weighted by Gasteiger charge is -2.29. The number of ether oxygens (including phenoxy) is 1. The molecule has 1 unspecified atom stereocenters. The Balaban J connectivity index is 2.23. The second kappa shape index (κ2) is 4.33. The van der Waals surface area contributed by atoms with Gasteiger partial charge in [0.2, 0.25) is 0 Å². The highest BCUT2D eigenvalue weighted by molar-refractivity contribution is 7.77. The van der Waals surface area contributed by atoms with Gasteiger partial charge in [0.1, 0.15) is 0 Å². The van der Waals surface area contributed by atoms with E-state index in [4.69, 9.17) is 4.74 Å². The van der Waals surface area contributed by atoms with Gasteiger partial charge in [0, 0.05) is 13.1 Å². The fourth-order valence-corrected chi connectivity index (χ4v) is 1.64. The van der Waals surface area contributed by atoms with E-state index in [1.165, 1.54) is 0 Å². The van der Waals surface area contributed by atoms with Gasteiger partial charge in [-0.3, -0.25) is 0 Å². The van der Waals surface area contributed by atoms with Gasteiger partial charge < -0.3 is 4.74 Å². The van der Waals surface area contributed by atoms with Crippen LogP contribution in [0.25, 0.3) is 0 Å². The van der Waals surface area contributed by atoms with Crippen molar-refractivity contribution in [1.29, 1.82) is 0 Å². The van der Waals surface area contributed by atoms with Crippen LogP contribution in [0.2, 0.25) is 0 Å². The van der Waals surface area contributed by atoms with E-state index in [9.17, 15) is 0 Å². The van der Waals surface area contributed by atoms with Crippen molar-refractivity contribution in [3.05, 3.63) is 0 Å². The monoisotopic (exact) mass is 175 g/mol. The largest absolute Gasteiger partial charge is 0.375 e. The number of morpholine rings is 1. The molecule has 11 heavy (non-hydrogen) atoms. The molecule has 1 aliphatic rings. The summed E-state index contributed by atoms with van der Waals surface area (Å²) in [5.74, 6) is 0.722. The molecular formula is C8H17NOS. The minimum absolute atomic E-state index is 0.404. The van der Waals surface area contributed by atoms with Gasteiger partial charge in [0.25, 0.3) is 0 Å². The first kappa shape index (κ1) is 9.36. The van der Waals surface area contributed by atoms with E-state index in [1.54, 1.807) is 0 Å². The average Bonchev–Trinajstić information content (AvgIpc) is 1.85. The number of rotatable bonds is 2. The van der Waals surface area contributed by atoms with Gasteiger partial charge in [-0.25, -0.2) is 4.31 Å². The maximum absolute atomic E-state index is 5.57. The molecule has 0 spiro atoms. The predicted octanol–water partition coefficient (Wildman–Crippen LogP) is 1.58. The van der Waals surface area contributed by atoms with E-state index in [0.717, 1.165) is 32.0 Å². The van der Waals surface area contributed by atoms with Gasteiger partial charge >= 0.3 is 0 Å². The zero-order valence-electron chi connectivity index (χ0n) is 7.29. The lowest BCUT2D eigenvalue weighted by Crippen LogP contribution is -2.37. The minimum Gasteiger partial charge on any atom is -0.375 e. The maximum atomic E-state index is 5.57. The molecule has 0 bridgehead atoms. The first-order chi connectivity index (χ1) is 5.18. The van der Waals surface area contributed by atoms with Gasteiger partial charge in [0.05, 0.1) is 12.7 Å². The van der Waals surface area contributed by atoms with Crippen molar-refractivity contribution in [2.24, 2.45) is 5.92 Å². The summed E-state index contributed by atoms with van der Waals surface area (Å²) < 4.78 is 7.61. The van der Waals surface area contributed by atoms with E-state index in [1.807, 2.05) is 4.31 Å². The minimum atomic E-state index is 0.404. The third-order valence-electron chi connectivity index (χ3n) is 1.85. The molecule has 0 radical (unpaired) electrons. The number of hydrogen-bond donors (Lipinski definition) is 1. The van der Waals surface area contributed by atoms with Crippen molar-refractivity contribution < 1.29 is 4.74 Å². The van der Waals surface area contributed by atoms with Gasteiger partial charge in [-0.2, -0.15) is 0 Å². The van der Waals surface area contributed by atoms with Gasteiger partial charge in [-0.15, -0.1) is 0 Å². The van der Waals surface area contributed by atoms with Crippen LogP contribution < -0.4 is 0 Å². The Bertz CT molecular complexity index is 117. The summed E-state index contributed by atoms with van der Waals surface area (Å²) in [5.41, 5.74) is 0. The van der Waals surface area contributed by atoms with Crippen LogP contribution in [0.4, 0.5) is 0 Å². The van der Waals surface area contributed by atoms with Crippen LogP contribution in [-0.4, -0.2) is 30.1 Å². The maximum Gasteiger partial charge on any atom is 0.0714 e. The van der Waals surface area contributed by atoms with Crippen molar-refractivity contribution in [2.45, 2.75) is 26.4 Å². The zero-order chi connectivity index (χ0) is 8.27. The van der Waals surface area contributed by atoms with Crippen LogP contribution in [0.3, 0.4) is 0 Å². The molecule has 0 amide bonds. The van der Waals surface area contributed by atoms with E-state index < -0.39 is 0 Å². The van der Waals surface area contributed by atoms with Crippen molar-refractivity contribution in [2.75, 3.05) is 19.7 Å². The second-order valence-electron chi connectivity index (χ2n) is 3.53. The molecule has 0 aliphatic carbocycles. The molecular weight excluding hydrogens is 158 g/mol. The van der Waals surface area contributed by atoms with Crippen LogP contribution in [0.1, 0.15) is 20.3 Å². The molecule has 1 aliphatic heterocycles. The van der Waals surface area contributed by atoms with Crippen molar-refractivity contribution in [1.82, 2.24) is 4.31 Å². The molecule has 66 valence electrons. The smallest absolute Gasteiger partial charge is 0.0714 e. The number of hydrogen-bond acceptors (Lipinski definition) is 3. The molecule has 1 rings (SSSR count). The Hall–Kier alpha value is 0.270. The Morgan fingerprint density at radius 3 is 2.91 bits per heavy atom. The predicted molar refractivity (Wildman–Crippen MR) is 49.8 cm³/mol. The fourth-order valence-electron chi connectivity index (χ4n) is 1.37. The summed E-state index contributed by atoms with van der Waals surface area (Å²) in [5, 5.41) is 0. The summed E-state index contributed by atoms with van der Waals surface area (Å²) in [4.78, 5) is 0. The standard InChI is InChI=1S/C8H17NOS/c1-7(2)5-8-6-9(11)3-4-10-8/h7-8,11H,3-6H2,1-2H3. The van der Waals surface area contributed by atoms with Crippen molar-refractivity contribution >= 4 is 12.8 Å². The molecule has 1 saturated heterocycles. The van der Waals surface area contributed by atoms with Crippen LogP contribution >= 0.6 is 12.8 Å². The molecule has 0 aromatic heterocycles. The molecule has 3 heteroatoms. The lowest BCUT2D eigenvalue weighted by molar-refractivity contribution is -0.00828. The summed E-state index contributed by atoms with van der Waals surface area (Å²) >= 11 is 4.30. The zero-order valence-corrected chi connectivity index (χ0v) is 8.18. The van der Waals surface area contributed by atoms with Gasteiger partial charge in [-0.05, 0) is 12.3 Å². The highest BCUT2D eigenvalue weighted by Gasteiger charge is 2.18. The van der Waals surface area contributed by atoms with Gasteiger partial charge in [0.15, 0.2) is 0 Å². The highest BCUT2D eigenvalue weighted by atomic mass is 32.1. The summed E-state index contributed by atoms with van der Waals surface area (Å²) in [6.45, 7) is 7.21. The molecule has 1 heterocycles. The topological polar surface area (TPSA) is 12.5 Å². The summed E-state index contributed by atoms with van der Waals surface area (Å²) in [6.07, 6.45) is 1.55. The number of nitrogens with zero attached hydrogens (tertiary/aromatic N) is 1. The summed E-state index contributed by atoms with van der Waals surface area (Å²) in [7, 11) is 0. The van der Waals surface area contributed by atoms with Crippen molar-refractivity contribution in [3.8, 4) is 0 Å². The Kier molecular flexibility index (Phi) is 3.69. The quantitative estimate of drug-likeness (QED) is 0.640. The molecule has 0 aromatic carbocycles. The van der Waals surface area contributed by atoms with Crippen LogP contribution in [0.5, 0.6) is 0 Å². The first-order valence-electron chi connectivity index (χ1n) is 4.24.